The first kappa shape index (κ1) is 15.3. The number of hydrogen-bond donors (Lipinski definition) is 0. The van der Waals surface area contributed by atoms with Crippen molar-refractivity contribution in [2.75, 3.05) is 6.61 Å². The van der Waals surface area contributed by atoms with Crippen molar-refractivity contribution in [1.82, 2.24) is 4.90 Å². The fourth-order valence-corrected chi connectivity index (χ4v) is 2.79. The summed E-state index contributed by atoms with van der Waals surface area (Å²) in [5, 5.41) is -0.456. The number of carbonyl (C=O) groups excluding carboxylic acids is 3. The van der Waals surface area contributed by atoms with Crippen LogP contribution in [0, 0.1) is 0 Å². The van der Waals surface area contributed by atoms with E-state index in [1.54, 1.807) is 13.0 Å². The Hall–Kier alpha value is -2.08. The molecule has 0 radical (unpaired) electrons. The number of carbonyl (C=O) groups is 3. The normalized spacial score (nSPS) is 18.2. The lowest BCUT2D eigenvalue weighted by molar-refractivity contribution is -0.150. The second-order valence-corrected chi connectivity index (χ2v) is 5.38. The molecule has 0 saturated carbocycles. The second-order valence-electron chi connectivity index (χ2n) is 4.39. The zero-order valence-electron chi connectivity index (χ0n) is 11.7. The van der Waals surface area contributed by atoms with Crippen LogP contribution in [0.5, 0.6) is 0 Å². The summed E-state index contributed by atoms with van der Waals surface area (Å²) in [5.74, 6) is -1.05. The van der Waals surface area contributed by atoms with E-state index in [0.29, 0.717) is 4.91 Å². The van der Waals surface area contributed by atoms with E-state index in [-0.39, 0.29) is 6.61 Å². The van der Waals surface area contributed by atoms with Gasteiger partial charge in [-0.15, -0.1) is 0 Å². The first-order valence-electron chi connectivity index (χ1n) is 6.53. The van der Waals surface area contributed by atoms with Gasteiger partial charge in [-0.1, -0.05) is 30.3 Å². The Balaban J connectivity index is 2.21. The summed E-state index contributed by atoms with van der Waals surface area (Å²) >= 11 is 0.831. The van der Waals surface area contributed by atoms with E-state index in [9.17, 15) is 14.4 Å². The summed E-state index contributed by atoms with van der Waals surface area (Å²) in [7, 11) is 0. The molecule has 5 nitrogen and oxygen atoms in total. The molecule has 1 saturated heterocycles. The van der Waals surface area contributed by atoms with Crippen LogP contribution in [0.1, 0.15) is 19.4 Å². The maximum atomic E-state index is 12.3. The Bertz CT molecular complexity index is 597. The summed E-state index contributed by atoms with van der Waals surface area (Å²) in [4.78, 5) is 37.2. The molecule has 21 heavy (non-hydrogen) atoms. The number of thioether (sulfide) groups is 1. The van der Waals surface area contributed by atoms with Gasteiger partial charge in [0.2, 0.25) is 0 Å². The van der Waals surface area contributed by atoms with Gasteiger partial charge < -0.3 is 4.74 Å². The smallest absolute Gasteiger partial charge is 0.329 e. The number of hydrogen-bond acceptors (Lipinski definition) is 5. The zero-order valence-corrected chi connectivity index (χ0v) is 12.6. The van der Waals surface area contributed by atoms with Crippen LogP contribution >= 0.6 is 11.8 Å². The minimum atomic E-state index is -0.917. The maximum absolute atomic E-state index is 12.3. The highest BCUT2D eigenvalue weighted by Gasteiger charge is 2.41. The lowest BCUT2D eigenvalue weighted by Gasteiger charge is -2.19. The Kier molecular flexibility index (Phi) is 4.80. The number of nitrogens with zero attached hydrogens (tertiary/aromatic N) is 1. The number of amides is 2. The van der Waals surface area contributed by atoms with Gasteiger partial charge in [0.25, 0.3) is 11.1 Å². The molecule has 2 amide bonds. The number of benzene rings is 1. The zero-order chi connectivity index (χ0) is 15.4. The summed E-state index contributed by atoms with van der Waals surface area (Å²) < 4.78 is 4.85. The van der Waals surface area contributed by atoms with Crippen molar-refractivity contribution >= 4 is 35.0 Å². The average molecular weight is 305 g/mol. The Morgan fingerprint density at radius 2 is 2.00 bits per heavy atom. The van der Waals surface area contributed by atoms with Crippen molar-refractivity contribution in [3.05, 3.63) is 40.8 Å². The third-order valence-electron chi connectivity index (χ3n) is 2.94. The lowest BCUT2D eigenvalue weighted by atomic mass is 10.2. The Labute approximate surface area is 127 Å². The monoisotopic (exact) mass is 305 g/mol. The van der Waals surface area contributed by atoms with E-state index in [4.69, 9.17) is 4.74 Å². The lowest BCUT2D eigenvalue weighted by Crippen LogP contribution is -2.42. The number of imide groups is 1. The van der Waals surface area contributed by atoms with Crippen LogP contribution in [-0.2, 0) is 14.3 Å². The van der Waals surface area contributed by atoms with Crippen molar-refractivity contribution in [3.8, 4) is 0 Å². The SMILES string of the molecule is CCOC(=O)[C@@H](C)N1C(=O)S/C(=C/c2ccccc2)C1=O. The average Bonchev–Trinajstić information content (AvgIpc) is 2.74. The fourth-order valence-electron chi connectivity index (χ4n) is 1.88. The van der Waals surface area contributed by atoms with Crippen LogP contribution < -0.4 is 0 Å². The summed E-state index contributed by atoms with van der Waals surface area (Å²) in [6.45, 7) is 3.37. The maximum Gasteiger partial charge on any atom is 0.329 e. The second kappa shape index (κ2) is 6.58. The van der Waals surface area contributed by atoms with E-state index in [1.807, 2.05) is 30.3 Å². The van der Waals surface area contributed by atoms with Gasteiger partial charge in [-0.2, -0.15) is 0 Å². The van der Waals surface area contributed by atoms with Gasteiger partial charge in [-0.3, -0.25) is 14.5 Å². The molecule has 6 heteroatoms. The van der Waals surface area contributed by atoms with Crippen LogP contribution in [0.2, 0.25) is 0 Å². The largest absolute Gasteiger partial charge is 0.464 e. The first-order chi connectivity index (χ1) is 10.0. The van der Waals surface area contributed by atoms with E-state index < -0.39 is 23.2 Å². The van der Waals surface area contributed by atoms with Crippen molar-refractivity contribution in [3.63, 3.8) is 0 Å². The molecule has 2 rings (SSSR count). The molecular weight excluding hydrogens is 290 g/mol. The molecule has 1 aliphatic heterocycles. The minimum Gasteiger partial charge on any atom is -0.464 e. The highest BCUT2D eigenvalue weighted by molar-refractivity contribution is 8.18. The molecule has 1 aliphatic rings. The van der Waals surface area contributed by atoms with Crippen molar-refractivity contribution in [2.24, 2.45) is 0 Å². The van der Waals surface area contributed by atoms with E-state index in [0.717, 1.165) is 22.2 Å². The topological polar surface area (TPSA) is 63.7 Å². The molecule has 0 unspecified atom stereocenters. The Morgan fingerprint density at radius 1 is 1.33 bits per heavy atom. The summed E-state index contributed by atoms with van der Waals surface area (Å²) in [6, 6.07) is 8.31. The van der Waals surface area contributed by atoms with E-state index >= 15 is 0 Å². The van der Waals surface area contributed by atoms with Gasteiger partial charge in [0.15, 0.2) is 0 Å². The third kappa shape index (κ3) is 3.33. The fraction of sp³-hybridized carbons (Fsp3) is 0.267. The molecule has 0 aliphatic carbocycles. The van der Waals surface area contributed by atoms with Crippen molar-refractivity contribution in [1.29, 1.82) is 0 Å². The van der Waals surface area contributed by atoms with Crippen LogP contribution in [-0.4, -0.2) is 34.7 Å². The van der Waals surface area contributed by atoms with E-state index in [1.165, 1.54) is 6.92 Å². The summed E-state index contributed by atoms with van der Waals surface area (Å²) in [6.07, 6.45) is 1.64. The molecule has 0 aromatic heterocycles. The molecule has 0 N–H and O–H groups in total. The number of esters is 1. The van der Waals surface area contributed by atoms with Crippen LogP contribution in [0.25, 0.3) is 6.08 Å². The molecule has 0 bridgehead atoms. The summed E-state index contributed by atoms with van der Waals surface area (Å²) in [5.41, 5.74) is 0.826. The first-order valence-corrected chi connectivity index (χ1v) is 7.35. The van der Waals surface area contributed by atoms with Crippen LogP contribution in [0.3, 0.4) is 0 Å². The van der Waals surface area contributed by atoms with Crippen molar-refractivity contribution < 1.29 is 19.1 Å². The highest BCUT2D eigenvalue weighted by Crippen LogP contribution is 2.33. The van der Waals surface area contributed by atoms with Gasteiger partial charge in [-0.05, 0) is 37.2 Å². The standard InChI is InChI=1S/C15H15NO4S/c1-3-20-14(18)10(2)16-13(17)12(21-15(16)19)9-11-7-5-4-6-8-11/h4-10H,3H2,1-2H3/b12-9+/t10-/m1/s1. The Morgan fingerprint density at radius 3 is 2.62 bits per heavy atom. The van der Waals surface area contributed by atoms with Gasteiger partial charge in [0.05, 0.1) is 11.5 Å². The van der Waals surface area contributed by atoms with Gasteiger partial charge in [-0.25, -0.2) is 4.79 Å². The van der Waals surface area contributed by atoms with Crippen molar-refractivity contribution in [2.45, 2.75) is 19.9 Å². The molecule has 1 heterocycles. The molecule has 1 aromatic carbocycles. The molecule has 1 fully saturated rings. The van der Waals surface area contributed by atoms with Gasteiger partial charge in [0.1, 0.15) is 6.04 Å². The number of rotatable bonds is 4. The minimum absolute atomic E-state index is 0.208. The molecule has 110 valence electrons. The van der Waals surface area contributed by atoms with Crippen LogP contribution in [0.15, 0.2) is 35.2 Å². The quantitative estimate of drug-likeness (QED) is 0.632. The third-order valence-corrected chi connectivity index (χ3v) is 3.82. The van der Waals surface area contributed by atoms with Crippen LogP contribution in [0.4, 0.5) is 4.79 Å². The predicted octanol–water partition coefficient (Wildman–Crippen LogP) is 2.67. The predicted molar refractivity (Wildman–Crippen MR) is 80.3 cm³/mol. The van der Waals surface area contributed by atoms with Gasteiger partial charge >= 0.3 is 5.97 Å². The number of ether oxygens (including phenoxy) is 1. The molecule has 1 aromatic rings. The highest BCUT2D eigenvalue weighted by atomic mass is 32.2. The molecular formula is C15H15NO4S. The molecule has 1 atom stereocenters. The van der Waals surface area contributed by atoms with E-state index in [2.05, 4.69) is 0 Å². The molecule has 0 spiro atoms. The van der Waals surface area contributed by atoms with Gasteiger partial charge in [0, 0.05) is 0 Å².